The number of imide groups is 2. The number of nitrogens with one attached hydrogen (secondary N) is 3. The fourth-order valence-electron chi connectivity index (χ4n) is 9.03. The SMILES string of the molecule is CC(=O)c1c(C)c2cnc(Nc3ccc(N4CCN(CCOCCOCCOCCC(=O)Nc5cccc6c5C(=O)N(C5CCC(=O)NC5=O)C6=O)CC4)cn3)nc2n(C2CCCC2)c1=O. The van der Waals surface area contributed by atoms with Crippen LogP contribution in [0.5, 0.6) is 0 Å². The van der Waals surface area contributed by atoms with E-state index >= 15 is 0 Å². The smallest absolute Gasteiger partial charge is 0.264 e. The molecule has 3 N–H and O–H groups in total. The van der Waals surface area contributed by atoms with E-state index in [0.29, 0.717) is 54.8 Å². The number of piperidine rings is 1. The van der Waals surface area contributed by atoms with Crippen molar-refractivity contribution in [2.45, 2.75) is 70.9 Å². The minimum absolute atomic E-state index is 0.00179. The molecule has 3 fully saturated rings. The predicted molar refractivity (Wildman–Crippen MR) is 241 cm³/mol. The quantitative estimate of drug-likeness (QED) is 0.0696. The lowest BCUT2D eigenvalue weighted by Gasteiger charge is -2.35. The molecule has 1 unspecified atom stereocenters. The van der Waals surface area contributed by atoms with Crippen LogP contribution in [0.15, 0.2) is 47.5 Å². The van der Waals surface area contributed by atoms with Crippen LogP contribution in [0.1, 0.15) is 94.5 Å². The Balaban J connectivity index is 0.688. The number of nitrogens with zero attached hydrogens (tertiary/aromatic N) is 7. The number of hydrogen-bond acceptors (Lipinski definition) is 16. The highest BCUT2D eigenvalue weighted by molar-refractivity contribution is 6.26. The third-order valence-electron chi connectivity index (χ3n) is 12.5. The molecule has 1 aliphatic carbocycles. The Morgan fingerprint density at radius 1 is 0.833 bits per heavy atom. The number of benzene rings is 1. The number of pyridine rings is 2. The summed E-state index contributed by atoms with van der Waals surface area (Å²) in [7, 11) is 0. The molecule has 3 aliphatic heterocycles. The fourth-order valence-corrected chi connectivity index (χ4v) is 9.03. The maximum Gasteiger partial charge on any atom is 0.264 e. The number of ether oxygens (including phenoxy) is 3. The summed E-state index contributed by atoms with van der Waals surface area (Å²) in [6, 6.07) is 7.33. The van der Waals surface area contributed by atoms with Crippen molar-refractivity contribution >= 4 is 69.5 Å². The molecule has 4 aromatic rings. The molecular weight excluding hydrogens is 853 g/mol. The van der Waals surface area contributed by atoms with Crippen LogP contribution < -0.4 is 26.4 Å². The number of rotatable bonds is 19. The number of hydrogen-bond donors (Lipinski definition) is 3. The molecule has 1 aromatic carbocycles. The molecule has 66 heavy (non-hydrogen) atoms. The largest absolute Gasteiger partial charge is 0.379 e. The lowest BCUT2D eigenvalue weighted by Crippen LogP contribution is -2.54. The van der Waals surface area contributed by atoms with E-state index in [1.807, 2.05) is 18.3 Å². The molecule has 5 amide bonds. The molecule has 3 aromatic heterocycles. The Hall–Kier alpha value is -6.48. The minimum atomic E-state index is -1.10. The van der Waals surface area contributed by atoms with E-state index in [1.165, 1.54) is 19.1 Å². The number of Topliss-reactive ketones (excluding diaryl/α,β-unsaturated/α-hetero) is 1. The van der Waals surface area contributed by atoms with Crippen molar-refractivity contribution in [2.75, 3.05) is 87.9 Å². The number of aromatic nitrogens is 4. The third kappa shape index (κ3) is 10.2. The van der Waals surface area contributed by atoms with Crippen LogP contribution in [0, 0.1) is 6.92 Å². The Labute approximate surface area is 380 Å². The summed E-state index contributed by atoms with van der Waals surface area (Å²) >= 11 is 0. The van der Waals surface area contributed by atoms with Crippen LogP contribution in [0.25, 0.3) is 11.0 Å². The molecule has 1 atom stereocenters. The highest BCUT2D eigenvalue weighted by Gasteiger charge is 2.45. The number of aryl methyl sites for hydroxylation is 1. The van der Waals surface area contributed by atoms with Gasteiger partial charge in [-0.15, -0.1) is 0 Å². The molecular formula is C46H54N10O10. The van der Waals surface area contributed by atoms with E-state index in [0.717, 1.165) is 69.0 Å². The molecule has 0 radical (unpaired) electrons. The van der Waals surface area contributed by atoms with Gasteiger partial charge in [-0.3, -0.25) is 53.2 Å². The second kappa shape index (κ2) is 20.8. The topological polar surface area (TPSA) is 237 Å². The monoisotopic (exact) mass is 906 g/mol. The van der Waals surface area contributed by atoms with Crippen molar-refractivity contribution < 1.29 is 43.0 Å². The van der Waals surface area contributed by atoms with Crippen LogP contribution in [0.3, 0.4) is 0 Å². The fraction of sp³-hybridized carbons (Fsp3) is 0.478. The van der Waals surface area contributed by atoms with Crippen LogP contribution >= 0.6 is 0 Å². The minimum Gasteiger partial charge on any atom is -0.379 e. The highest BCUT2D eigenvalue weighted by atomic mass is 16.5. The van der Waals surface area contributed by atoms with Crippen LogP contribution in [-0.2, 0) is 28.6 Å². The van der Waals surface area contributed by atoms with Gasteiger partial charge in [-0.2, -0.15) is 4.98 Å². The first-order valence-electron chi connectivity index (χ1n) is 22.5. The van der Waals surface area contributed by atoms with Crippen LogP contribution in [0.2, 0.25) is 0 Å². The number of carbonyl (C=O) groups excluding carboxylic acids is 6. The number of carbonyl (C=O) groups is 6. The summed E-state index contributed by atoms with van der Waals surface area (Å²) in [5, 5.41) is 8.73. The second-order valence-corrected chi connectivity index (χ2v) is 16.8. The average Bonchev–Trinajstić information content (AvgIpc) is 3.92. The molecule has 8 rings (SSSR count). The first-order chi connectivity index (χ1) is 32.0. The van der Waals surface area contributed by atoms with Gasteiger partial charge in [0.1, 0.15) is 17.5 Å². The molecule has 0 bridgehead atoms. The summed E-state index contributed by atoms with van der Waals surface area (Å²) in [5.74, 6) is -2.27. The lowest BCUT2D eigenvalue weighted by atomic mass is 10.0. The van der Waals surface area contributed by atoms with Crippen molar-refractivity contribution in [1.29, 1.82) is 0 Å². The molecule has 1 saturated carbocycles. The Bertz CT molecular complexity index is 2570. The Morgan fingerprint density at radius 3 is 2.26 bits per heavy atom. The van der Waals surface area contributed by atoms with Crippen LogP contribution in [-0.4, -0.2) is 143 Å². The molecule has 6 heterocycles. The zero-order valence-electron chi connectivity index (χ0n) is 37.1. The zero-order valence-corrected chi connectivity index (χ0v) is 37.1. The third-order valence-corrected chi connectivity index (χ3v) is 12.5. The first-order valence-corrected chi connectivity index (χ1v) is 22.5. The van der Waals surface area contributed by atoms with E-state index in [9.17, 15) is 33.6 Å². The van der Waals surface area contributed by atoms with E-state index < -0.39 is 35.6 Å². The van der Waals surface area contributed by atoms with Gasteiger partial charge in [0, 0.05) is 56.8 Å². The van der Waals surface area contributed by atoms with Crippen molar-refractivity contribution in [1.82, 2.24) is 34.6 Å². The van der Waals surface area contributed by atoms with Gasteiger partial charge in [0.15, 0.2) is 5.78 Å². The van der Waals surface area contributed by atoms with E-state index in [1.54, 1.807) is 23.8 Å². The summed E-state index contributed by atoms with van der Waals surface area (Å²) in [6.45, 7) is 9.55. The maximum absolute atomic E-state index is 13.6. The number of ketones is 1. The van der Waals surface area contributed by atoms with Gasteiger partial charge in [-0.25, -0.2) is 9.97 Å². The summed E-state index contributed by atoms with van der Waals surface area (Å²) in [4.78, 5) is 108. The first kappa shape index (κ1) is 46.1. The molecule has 2 saturated heterocycles. The van der Waals surface area contributed by atoms with E-state index in [4.69, 9.17) is 19.2 Å². The van der Waals surface area contributed by atoms with Gasteiger partial charge < -0.3 is 29.7 Å². The lowest BCUT2D eigenvalue weighted by molar-refractivity contribution is -0.136. The van der Waals surface area contributed by atoms with E-state index in [2.05, 4.69) is 35.7 Å². The highest BCUT2D eigenvalue weighted by Crippen LogP contribution is 2.34. The normalized spacial score (nSPS) is 18.0. The summed E-state index contributed by atoms with van der Waals surface area (Å²) in [5.41, 5.74) is 2.32. The Kier molecular flexibility index (Phi) is 14.5. The molecule has 4 aliphatic rings. The van der Waals surface area contributed by atoms with Crippen molar-refractivity contribution in [3.8, 4) is 0 Å². The van der Waals surface area contributed by atoms with Crippen molar-refractivity contribution in [3.63, 3.8) is 0 Å². The maximum atomic E-state index is 13.6. The average molecular weight is 907 g/mol. The molecule has 0 spiro atoms. The Morgan fingerprint density at radius 2 is 1.56 bits per heavy atom. The predicted octanol–water partition coefficient (Wildman–Crippen LogP) is 3.16. The molecule has 348 valence electrons. The second-order valence-electron chi connectivity index (χ2n) is 16.8. The summed E-state index contributed by atoms with van der Waals surface area (Å²) < 4.78 is 18.6. The molecule has 20 nitrogen and oxygen atoms in total. The van der Waals surface area contributed by atoms with Gasteiger partial charge in [0.25, 0.3) is 17.4 Å². The number of piperazine rings is 1. The summed E-state index contributed by atoms with van der Waals surface area (Å²) in [6.07, 6.45) is 7.36. The standard InChI is InChI=1S/C46H54N10O10/c1-28-33-27-48-46(52-41(33)55(30-6-3-4-7-30)44(62)39(28)29(2)57)50-36-12-10-31(26-47-36)54-17-15-53(16-18-54)19-21-65-23-25-66-24-22-64-20-14-38(59)49-34-9-5-8-32-40(34)45(63)56(43(32)61)35-11-13-37(58)51-42(35)60/h5,8-10,12,26-27,30,35H,3-4,6-7,11,13-25H2,1-2H3,(H,49,59)(H,51,58,60)(H,47,48,50,52). The van der Waals surface area contributed by atoms with Gasteiger partial charge in [0.05, 0.1) is 80.3 Å². The number of fused-ring (bicyclic) bond motifs is 2. The number of amides is 5. The van der Waals surface area contributed by atoms with Gasteiger partial charge >= 0.3 is 0 Å². The van der Waals surface area contributed by atoms with Crippen molar-refractivity contribution in [2.24, 2.45) is 0 Å². The van der Waals surface area contributed by atoms with Gasteiger partial charge in [0.2, 0.25) is 23.7 Å². The molecule has 20 heteroatoms. The van der Waals surface area contributed by atoms with Gasteiger partial charge in [-0.05, 0) is 62.9 Å². The number of anilines is 4. The van der Waals surface area contributed by atoms with Crippen molar-refractivity contribution in [3.05, 3.63) is 75.3 Å². The van der Waals surface area contributed by atoms with Crippen LogP contribution in [0.4, 0.5) is 23.1 Å². The zero-order chi connectivity index (χ0) is 46.3. The van der Waals surface area contributed by atoms with Gasteiger partial charge in [-0.1, -0.05) is 18.9 Å². The van der Waals surface area contributed by atoms with E-state index in [-0.39, 0.29) is 72.2 Å².